The lowest BCUT2D eigenvalue weighted by molar-refractivity contribution is 0.559. The Morgan fingerprint density at radius 2 is 1.88 bits per heavy atom. The third kappa shape index (κ3) is 3.96. The number of anilines is 1. The fraction of sp³-hybridized carbons (Fsp3) is 0.286. The van der Waals surface area contributed by atoms with E-state index in [9.17, 15) is 0 Å². The number of nitrogens with one attached hydrogen (secondary N) is 1. The van der Waals surface area contributed by atoms with Crippen molar-refractivity contribution in [3.05, 3.63) is 54.0 Å². The molecule has 90 valence electrons. The van der Waals surface area contributed by atoms with E-state index in [1.165, 1.54) is 11.1 Å². The Morgan fingerprint density at radius 1 is 1.06 bits per heavy atom. The maximum absolute atomic E-state index is 5.64. The topological polar surface area (TPSA) is 51.2 Å². The van der Waals surface area contributed by atoms with Gasteiger partial charge in [0.1, 0.15) is 0 Å². The third-order valence-corrected chi connectivity index (χ3v) is 2.71. The highest BCUT2D eigenvalue weighted by atomic mass is 16.3. The van der Waals surface area contributed by atoms with Crippen LogP contribution >= 0.6 is 0 Å². The van der Waals surface area contributed by atoms with Crippen LogP contribution in [0.5, 0.6) is 0 Å². The van der Waals surface area contributed by atoms with E-state index in [1.54, 1.807) is 12.5 Å². The summed E-state index contributed by atoms with van der Waals surface area (Å²) < 4.78 is 5.00. The van der Waals surface area contributed by atoms with Crippen LogP contribution < -0.4 is 11.1 Å². The molecule has 2 aromatic rings. The highest BCUT2D eigenvalue weighted by Gasteiger charge is 1.95. The van der Waals surface area contributed by atoms with Gasteiger partial charge in [0, 0.05) is 17.8 Å². The molecular formula is C14H18N2O. The van der Waals surface area contributed by atoms with Gasteiger partial charge in [-0.15, -0.1) is 0 Å². The molecule has 0 amide bonds. The Bertz CT molecular complexity index is 420. The number of benzene rings is 1. The van der Waals surface area contributed by atoms with Gasteiger partial charge in [0.05, 0.1) is 12.5 Å². The zero-order valence-electron chi connectivity index (χ0n) is 9.86. The van der Waals surface area contributed by atoms with E-state index in [4.69, 9.17) is 10.2 Å². The monoisotopic (exact) mass is 230 g/mol. The first-order valence-corrected chi connectivity index (χ1v) is 5.91. The van der Waals surface area contributed by atoms with E-state index in [0.29, 0.717) is 0 Å². The van der Waals surface area contributed by atoms with Crippen molar-refractivity contribution in [3.8, 4) is 0 Å². The second-order valence-electron chi connectivity index (χ2n) is 4.15. The fourth-order valence-electron chi connectivity index (χ4n) is 1.73. The van der Waals surface area contributed by atoms with Gasteiger partial charge in [-0.1, -0.05) is 12.1 Å². The van der Waals surface area contributed by atoms with Crippen molar-refractivity contribution in [2.24, 2.45) is 0 Å². The average molecular weight is 230 g/mol. The van der Waals surface area contributed by atoms with Crippen LogP contribution in [0, 0.1) is 0 Å². The van der Waals surface area contributed by atoms with E-state index in [2.05, 4.69) is 17.4 Å². The minimum atomic E-state index is 0.826. The molecule has 0 atom stereocenters. The van der Waals surface area contributed by atoms with Crippen molar-refractivity contribution in [1.82, 2.24) is 5.32 Å². The van der Waals surface area contributed by atoms with Crippen LogP contribution in [0.1, 0.15) is 17.5 Å². The van der Waals surface area contributed by atoms with Crippen molar-refractivity contribution in [2.75, 3.05) is 12.3 Å². The minimum absolute atomic E-state index is 0.826. The van der Waals surface area contributed by atoms with Crippen LogP contribution in [0.2, 0.25) is 0 Å². The molecule has 0 bridgehead atoms. The first kappa shape index (κ1) is 11.7. The number of hydrogen-bond donors (Lipinski definition) is 2. The van der Waals surface area contributed by atoms with E-state index < -0.39 is 0 Å². The van der Waals surface area contributed by atoms with Gasteiger partial charge < -0.3 is 15.5 Å². The third-order valence-electron chi connectivity index (χ3n) is 2.71. The van der Waals surface area contributed by atoms with Gasteiger partial charge in [0.15, 0.2) is 0 Å². The molecule has 0 unspecified atom stereocenters. The number of rotatable bonds is 6. The summed E-state index contributed by atoms with van der Waals surface area (Å²) in [4.78, 5) is 0. The minimum Gasteiger partial charge on any atom is -0.472 e. The molecule has 17 heavy (non-hydrogen) atoms. The first-order valence-electron chi connectivity index (χ1n) is 5.91. The van der Waals surface area contributed by atoms with Gasteiger partial charge in [-0.05, 0) is 43.1 Å². The summed E-state index contributed by atoms with van der Waals surface area (Å²) in [5.41, 5.74) is 8.99. The summed E-state index contributed by atoms with van der Waals surface area (Å²) in [6.07, 6.45) is 5.68. The maximum atomic E-state index is 5.64. The second kappa shape index (κ2) is 6.11. The molecule has 0 aliphatic rings. The number of nitrogen functional groups attached to an aromatic ring is 1. The summed E-state index contributed by atoms with van der Waals surface area (Å²) >= 11 is 0. The predicted octanol–water partition coefficient (Wildman–Crippen LogP) is 2.58. The molecule has 1 heterocycles. The summed E-state index contributed by atoms with van der Waals surface area (Å²) in [7, 11) is 0. The van der Waals surface area contributed by atoms with Crippen LogP contribution in [-0.4, -0.2) is 6.54 Å². The molecule has 0 fully saturated rings. The molecule has 1 aromatic carbocycles. The predicted molar refractivity (Wildman–Crippen MR) is 69.6 cm³/mol. The van der Waals surface area contributed by atoms with Gasteiger partial charge in [-0.2, -0.15) is 0 Å². The van der Waals surface area contributed by atoms with E-state index >= 15 is 0 Å². The normalized spacial score (nSPS) is 10.6. The largest absolute Gasteiger partial charge is 0.472 e. The Labute approximate surface area is 102 Å². The molecule has 0 radical (unpaired) electrons. The van der Waals surface area contributed by atoms with E-state index in [0.717, 1.165) is 31.6 Å². The molecule has 3 N–H and O–H groups in total. The van der Waals surface area contributed by atoms with Crippen molar-refractivity contribution >= 4 is 5.69 Å². The zero-order chi connectivity index (χ0) is 11.9. The van der Waals surface area contributed by atoms with Gasteiger partial charge in [-0.25, -0.2) is 0 Å². The van der Waals surface area contributed by atoms with Gasteiger partial charge in [0.25, 0.3) is 0 Å². The number of nitrogens with two attached hydrogens (primary N) is 1. The highest BCUT2D eigenvalue weighted by Crippen LogP contribution is 2.07. The lowest BCUT2D eigenvalue weighted by Crippen LogP contribution is -2.14. The molecule has 0 aliphatic carbocycles. The van der Waals surface area contributed by atoms with Crippen LogP contribution in [0.3, 0.4) is 0 Å². The highest BCUT2D eigenvalue weighted by molar-refractivity contribution is 5.39. The number of furan rings is 1. The Morgan fingerprint density at radius 3 is 2.59 bits per heavy atom. The van der Waals surface area contributed by atoms with Crippen LogP contribution in [0.15, 0.2) is 47.3 Å². The van der Waals surface area contributed by atoms with E-state index in [1.807, 2.05) is 18.2 Å². The van der Waals surface area contributed by atoms with Crippen molar-refractivity contribution in [2.45, 2.75) is 19.4 Å². The Hall–Kier alpha value is -1.74. The summed E-state index contributed by atoms with van der Waals surface area (Å²) in [5.74, 6) is 0. The average Bonchev–Trinajstić information content (AvgIpc) is 2.84. The van der Waals surface area contributed by atoms with Gasteiger partial charge in [0.2, 0.25) is 0 Å². The standard InChI is InChI=1S/C14H18N2O/c15-14-5-3-12(4-6-14)2-1-8-16-10-13-7-9-17-11-13/h3-7,9,11,16H,1-2,8,10,15H2. The van der Waals surface area contributed by atoms with E-state index in [-0.39, 0.29) is 0 Å². The molecule has 1 aromatic heterocycles. The maximum Gasteiger partial charge on any atom is 0.0947 e. The smallest absolute Gasteiger partial charge is 0.0947 e. The summed E-state index contributed by atoms with van der Waals surface area (Å²) in [6.45, 7) is 1.88. The molecule has 0 spiro atoms. The van der Waals surface area contributed by atoms with Crippen LogP contribution in [0.25, 0.3) is 0 Å². The summed E-state index contributed by atoms with van der Waals surface area (Å²) in [5, 5.41) is 3.38. The first-order chi connectivity index (χ1) is 8.34. The molecule has 0 saturated carbocycles. The molecule has 3 nitrogen and oxygen atoms in total. The molecule has 3 heteroatoms. The molecule has 0 saturated heterocycles. The van der Waals surface area contributed by atoms with Crippen molar-refractivity contribution < 1.29 is 4.42 Å². The molecule has 2 rings (SSSR count). The number of hydrogen-bond acceptors (Lipinski definition) is 3. The van der Waals surface area contributed by atoms with Crippen LogP contribution in [0.4, 0.5) is 5.69 Å². The zero-order valence-corrected chi connectivity index (χ0v) is 9.86. The number of aryl methyl sites for hydroxylation is 1. The van der Waals surface area contributed by atoms with Gasteiger partial charge in [-0.3, -0.25) is 0 Å². The molecular weight excluding hydrogens is 212 g/mol. The Balaban J connectivity index is 1.61. The molecule has 0 aliphatic heterocycles. The summed E-state index contributed by atoms with van der Waals surface area (Å²) in [6, 6.07) is 10.1. The van der Waals surface area contributed by atoms with Crippen molar-refractivity contribution in [3.63, 3.8) is 0 Å². The van der Waals surface area contributed by atoms with Crippen molar-refractivity contribution in [1.29, 1.82) is 0 Å². The SMILES string of the molecule is Nc1ccc(CCCNCc2ccoc2)cc1. The lowest BCUT2D eigenvalue weighted by Gasteiger charge is -2.04. The quantitative estimate of drug-likeness (QED) is 0.592. The Kier molecular flexibility index (Phi) is 4.22. The second-order valence-corrected chi connectivity index (χ2v) is 4.15. The van der Waals surface area contributed by atoms with Gasteiger partial charge >= 0.3 is 0 Å². The van der Waals surface area contributed by atoms with Crippen LogP contribution in [-0.2, 0) is 13.0 Å². The fourth-order valence-corrected chi connectivity index (χ4v) is 1.73. The lowest BCUT2D eigenvalue weighted by atomic mass is 10.1.